The third-order valence-corrected chi connectivity index (χ3v) is 17.1. The summed E-state index contributed by atoms with van der Waals surface area (Å²) in [5, 5.41) is 10.5. The largest absolute Gasteiger partial charge is 0.472 e. The van der Waals surface area contributed by atoms with Crippen molar-refractivity contribution in [3.05, 3.63) is 0 Å². The van der Waals surface area contributed by atoms with Gasteiger partial charge in [-0.1, -0.05) is 260 Å². The van der Waals surface area contributed by atoms with Crippen LogP contribution in [0.4, 0.5) is 0 Å². The number of ether oxygens (including phenoxy) is 4. The highest BCUT2D eigenvalue weighted by Crippen LogP contribution is 2.45. The highest BCUT2D eigenvalue weighted by molar-refractivity contribution is 7.47. The zero-order chi connectivity index (χ0) is 60.8. The van der Waals surface area contributed by atoms with E-state index in [2.05, 4.69) is 41.5 Å². The maximum atomic E-state index is 13.0. The lowest BCUT2D eigenvalue weighted by atomic mass is 9.99. The second kappa shape index (κ2) is 55.6. The van der Waals surface area contributed by atoms with Crippen LogP contribution in [0.1, 0.15) is 311 Å². The molecule has 0 aromatic carbocycles. The molecule has 3 N–H and O–H groups in total. The van der Waals surface area contributed by atoms with Crippen molar-refractivity contribution in [2.24, 2.45) is 11.8 Å². The van der Waals surface area contributed by atoms with E-state index in [4.69, 9.17) is 37.0 Å². The van der Waals surface area contributed by atoms with Crippen molar-refractivity contribution in [2.75, 3.05) is 39.6 Å². The van der Waals surface area contributed by atoms with Crippen LogP contribution >= 0.6 is 15.6 Å². The van der Waals surface area contributed by atoms with E-state index in [0.717, 1.165) is 108 Å². The van der Waals surface area contributed by atoms with Crippen LogP contribution in [0.25, 0.3) is 0 Å². The van der Waals surface area contributed by atoms with E-state index in [1.54, 1.807) is 0 Å². The molecule has 17 nitrogen and oxygen atoms in total. The van der Waals surface area contributed by atoms with Gasteiger partial charge in [0, 0.05) is 25.7 Å². The fourth-order valence-corrected chi connectivity index (χ4v) is 10.9. The summed E-state index contributed by atoms with van der Waals surface area (Å²) in [6.45, 7) is 9.39. The highest BCUT2D eigenvalue weighted by Gasteiger charge is 2.30. The highest BCUT2D eigenvalue weighted by atomic mass is 31.2. The number of carbonyl (C=O) groups is 4. The molecule has 7 atom stereocenters. The molecule has 4 unspecified atom stereocenters. The number of aliphatic hydroxyl groups excluding tert-OH is 1. The summed E-state index contributed by atoms with van der Waals surface area (Å²) in [5.74, 6) is -0.502. The monoisotopic (exact) mass is 1210 g/mol. The van der Waals surface area contributed by atoms with Crippen molar-refractivity contribution >= 4 is 39.5 Å². The summed E-state index contributed by atoms with van der Waals surface area (Å²) in [7, 11) is -9.87. The Morgan fingerprint density at radius 3 is 0.866 bits per heavy atom. The van der Waals surface area contributed by atoms with Crippen molar-refractivity contribution in [3.8, 4) is 0 Å². The molecule has 0 aromatic rings. The van der Waals surface area contributed by atoms with Crippen LogP contribution in [-0.4, -0.2) is 96.7 Å². The zero-order valence-corrected chi connectivity index (χ0v) is 54.6. The first-order valence-corrected chi connectivity index (χ1v) is 36.1. The number of esters is 4. The SMILES string of the molecule is CCCCCCCC(=O)OC[C@H](COP(=O)(O)OC[C@H](O)COP(=O)(O)OC[C@@H](COC(=O)CCCCCCCCCCCCC(C)CC)OC(=O)CCCCCCCCCCCCCCCCC(C)CC)OC(=O)CCCCCCC. The first-order valence-electron chi connectivity index (χ1n) is 33.1. The Morgan fingerprint density at radius 2 is 0.585 bits per heavy atom. The summed E-state index contributed by atoms with van der Waals surface area (Å²) in [4.78, 5) is 71.7. The van der Waals surface area contributed by atoms with Gasteiger partial charge in [0.2, 0.25) is 0 Å². The Bertz CT molecular complexity index is 1620. The maximum Gasteiger partial charge on any atom is 0.472 e. The number of unbranched alkanes of at least 4 members (excludes halogenated alkanes) is 30. The molecule has 0 heterocycles. The van der Waals surface area contributed by atoms with Gasteiger partial charge in [0.15, 0.2) is 12.2 Å². The smallest absolute Gasteiger partial charge is 0.462 e. The molecule has 0 bridgehead atoms. The molecule has 0 fully saturated rings. The number of phosphoric acid groups is 2. The van der Waals surface area contributed by atoms with Gasteiger partial charge in [0.05, 0.1) is 26.4 Å². The van der Waals surface area contributed by atoms with Crippen LogP contribution in [0.5, 0.6) is 0 Å². The minimum atomic E-state index is -4.94. The first kappa shape index (κ1) is 80.1. The number of rotatable bonds is 62. The quantitative estimate of drug-likeness (QED) is 0.0222. The Balaban J connectivity index is 5.10. The van der Waals surface area contributed by atoms with E-state index in [-0.39, 0.29) is 25.7 Å². The number of aliphatic hydroxyl groups is 1. The van der Waals surface area contributed by atoms with Gasteiger partial charge in [-0.2, -0.15) is 0 Å². The van der Waals surface area contributed by atoms with Crippen LogP contribution < -0.4 is 0 Å². The average molecular weight is 1210 g/mol. The van der Waals surface area contributed by atoms with Crippen LogP contribution in [0.15, 0.2) is 0 Å². The van der Waals surface area contributed by atoms with Crippen LogP contribution in [0.3, 0.4) is 0 Å². The van der Waals surface area contributed by atoms with E-state index in [0.29, 0.717) is 25.7 Å². The summed E-state index contributed by atoms with van der Waals surface area (Å²) < 4.78 is 67.5. The fraction of sp³-hybridized carbons (Fsp3) is 0.937. The zero-order valence-electron chi connectivity index (χ0n) is 52.8. The summed E-state index contributed by atoms with van der Waals surface area (Å²) in [5.41, 5.74) is 0. The molecule has 0 saturated carbocycles. The molecule has 0 radical (unpaired) electrons. The molecule has 19 heteroatoms. The van der Waals surface area contributed by atoms with Crippen molar-refractivity contribution < 1.29 is 80.2 Å². The molecule has 486 valence electrons. The number of hydrogen-bond donors (Lipinski definition) is 3. The van der Waals surface area contributed by atoms with Crippen molar-refractivity contribution in [2.45, 2.75) is 330 Å². The molecule has 0 rings (SSSR count). The second-order valence-corrected chi connectivity index (χ2v) is 26.2. The topological polar surface area (TPSA) is 237 Å². The lowest BCUT2D eigenvalue weighted by molar-refractivity contribution is -0.161. The lowest BCUT2D eigenvalue weighted by Gasteiger charge is -2.21. The molecule has 0 spiro atoms. The van der Waals surface area contributed by atoms with Gasteiger partial charge < -0.3 is 33.8 Å². The molecule has 0 aliphatic heterocycles. The predicted molar refractivity (Wildman–Crippen MR) is 326 cm³/mol. The predicted octanol–water partition coefficient (Wildman–Crippen LogP) is 17.3. The normalized spacial score (nSPS) is 15.0. The van der Waals surface area contributed by atoms with Gasteiger partial charge >= 0.3 is 39.5 Å². The van der Waals surface area contributed by atoms with Gasteiger partial charge in [-0.25, -0.2) is 9.13 Å². The summed E-state index contributed by atoms with van der Waals surface area (Å²) >= 11 is 0. The minimum absolute atomic E-state index is 0.0986. The van der Waals surface area contributed by atoms with Gasteiger partial charge in [-0.15, -0.1) is 0 Å². The van der Waals surface area contributed by atoms with Gasteiger partial charge in [-0.05, 0) is 37.5 Å². The molecular formula is C63H122O17P2. The number of carbonyl (C=O) groups excluding carboxylic acids is 4. The average Bonchev–Trinajstić information content (AvgIpc) is 3.46. The van der Waals surface area contributed by atoms with E-state index in [1.807, 2.05) is 0 Å². The molecule has 82 heavy (non-hydrogen) atoms. The summed E-state index contributed by atoms with van der Waals surface area (Å²) in [6, 6.07) is 0. The molecule has 0 amide bonds. The standard InChI is InChI=1S/C63H122O17P2/c1-7-11-13-31-39-45-60(65)73-51-58(79-62(67)47-41-32-14-12-8-2)53-77-81(69,70)75-49-57(64)50-76-82(71,72)78-54-59(52-74-61(66)46-40-35-29-25-22-21-24-28-34-38-44-56(6)10-4)80-63(68)48-42-36-30-26-20-18-16-15-17-19-23-27-33-37-43-55(5)9-3/h55-59,64H,7-54H2,1-6H3,(H,69,70)(H,71,72)/t55?,56?,57-,58+,59+/m0/s1. The molecule has 0 aliphatic carbocycles. The van der Waals surface area contributed by atoms with Gasteiger partial charge in [0.25, 0.3) is 0 Å². The van der Waals surface area contributed by atoms with Crippen LogP contribution in [0.2, 0.25) is 0 Å². The third kappa shape index (κ3) is 54.7. The Labute approximate surface area is 498 Å². The first-order chi connectivity index (χ1) is 39.4. The lowest BCUT2D eigenvalue weighted by Crippen LogP contribution is -2.30. The molecule has 0 aliphatic rings. The second-order valence-electron chi connectivity index (χ2n) is 23.3. The van der Waals surface area contributed by atoms with E-state index in [9.17, 15) is 43.2 Å². The number of phosphoric ester groups is 2. The van der Waals surface area contributed by atoms with Gasteiger partial charge in [-0.3, -0.25) is 37.3 Å². The van der Waals surface area contributed by atoms with E-state index in [1.165, 1.54) is 122 Å². The third-order valence-electron chi connectivity index (χ3n) is 15.2. The van der Waals surface area contributed by atoms with Crippen LogP contribution in [-0.2, 0) is 65.4 Å². The Kier molecular flexibility index (Phi) is 54.3. The Hall–Kier alpha value is -1.94. The van der Waals surface area contributed by atoms with Crippen molar-refractivity contribution in [1.29, 1.82) is 0 Å². The molecule has 0 saturated heterocycles. The molecular weight excluding hydrogens is 1090 g/mol. The van der Waals surface area contributed by atoms with Crippen LogP contribution in [0, 0.1) is 11.8 Å². The maximum absolute atomic E-state index is 13.0. The Morgan fingerprint density at radius 1 is 0.341 bits per heavy atom. The van der Waals surface area contributed by atoms with Crippen molar-refractivity contribution in [3.63, 3.8) is 0 Å². The van der Waals surface area contributed by atoms with E-state index < -0.39 is 97.5 Å². The summed E-state index contributed by atoms with van der Waals surface area (Å²) in [6.07, 6.45) is 38.3. The van der Waals surface area contributed by atoms with E-state index >= 15 is 0 Å². The minimum Gasteiger partial charge on any atom is -0.462 e. The van der Waals surface area contributed by atoms with Crippen molar-refractivity contribution in [1.82, 2.24) is 0 Å². The number of hydrogen-bond acceptors (Lipinski definition) is 15. The van der Waals surface area contributed by atoms with Gasteiger partial charge in [0.1, 0.15) is 19.3 Å². The fourth-order valence-electron chi connectivity index (χ4n) is 9.29. The molecule has 0 aromatic heterocycles.